The zero-order chi connectivity index (χ0) is 15.7. The van der Waals surface area contributed by atoms with Crippen LogP contribution in [0.15, 0.2) is 18.2 Å². The lowest BCUT2D eigenvalue weighted by molar-refractivity contribution is 0.0700. The van der Waals surface area contributed by atoms with E-state index < -0.39 is 0 Å². The summed E-state index contributed by atoms with van der Waals surface area (Å²) in [4.78, 5) is 14.1. The van der Waals surface area contributed by atoms with E-state index in [9.17, 15) is 4.79 Å². The van der Waals surface area contributed by atoms with E-state index in [-0.39, 0.29) is 19.1 Å². The molecule has 0 aliphatic rings. The first-order valence-electron chi connectivity index (χ1n) is 6.78. The first-order chi connectivity index (χ1) is 10.2. The van der Waals surface area contributed by atoms with Crippen molar-refractivity contribution in [1.29, 1.82) is 0 Å². The molecule has 0 radical (unpaired) electrons. The van der Waals surface area contributed by atoms with E-state index in [1.54, 1.807) is 30.2 Å². The largest absolute Gasteiger partial charge is 0.497 e. The summed E-state index contributed by atoms with van der Waals surface area (Å²) in [5, 5.41) is 9.12. The molecule has 1 aromatic rings. The van der Waals surface area contributed by atoms with Crippen LogP contribution >= 0.6 is 0 Å². The van der Waals surface area contributed by atoms with Gasteiger partial charge in [0.15, 0.2) is 0 Å². The van der Waals surface area contributed by atoms with Gasteiger partial charge in [-0.25, -0.2) is 0 Å². The van der Waals surface area contributed by atoms with Crippen LogP contribution < -0.4 is 9.47 Å². The molecule has 0 heterocycles. The highest BCUT2D eigenvalue weighted by atomic mass is 16.5. The van der Waals surface area contributed by atoms with Crippen LogP contribution in [0.5, 0.6) is 11.5 Å². The van der Waals surface area contributed by atoms with Gasteiger partial charge in [0.2, 0.25) is 0 Å². The number of rotatable bonds is 9. The molecule has 6 heteroatoms. The number of ether oxygens (including phenoxy) is 3. The maximum absolute atomic E-state index is 12.5. The average molecular weight is 297 g/mol. The summed E-state index contributed by atoms with van der Waals surface area (Å²) >= 11 is 0. The predicted molar refractivity (Wildman–Crippen MR) is 79.0 cm³/mol. The highest BCUT2D eigenvalue weighted by molar-refractivity contribution is 5.95. The fourth-order valence-electron chi connectivity index (χ4n) is 1.95. The molecule has 0 atom stereocenters. The van der Waals surface area contributed by atoms with Crippen LogP contribution in [0.1, 0.15) is 16.8 Å². The maximum atomic E-state index is 12.5. The van der Waals surface area contributed by atoms with E-state index in [1.807, 2.05) is 0 Å². The minimum absolute atomic E-state index is 0.0835. The molecule has 6 nitrogen and oxygen atoms in total. The smallest absolute Gasteiger partial charge is 0.254 e. The monoisotopic (exact) mass is 297 g/mol. The predicted octanol–water partition coefficient (Wildman–Crippen LogP) is 1.17. The van der Waals surface area contributed by atoms with Crippen molar-refractivity contribution in [2.45, 2.75) is 6.42 Å². The van der Waals surface area contributed by atoms with Gasteiger partial charge in [-0.05, 0) is 18.6 Å². The first-order valence-corrected chi connectivity index (χ1v) is 6.78. The fraction of sp³-hybridized carbons (Fsp3) is 0.533. The maximum Gasteiger partial charge on any atom is 0.254 e. The van der Waals surface area contributed by atoms with Crippen molar-refractivity contribution in [3.05, 3.63) is 23.8 Å². The lowest BCUT2D eigenvalue weighted by atomic mass is 10.1. The molecule has 0 saturated carbocycles. The fourth-order valence-corrected chi connectivity index (χ4v) is 1.95. The number of benzene rings is 1. The molecule has 1 amide bonds. The Morgan fingerprint density at radius 1 is 1.10 bits per heavy atom. The van der Waals surface area contributed by atoms with Crippen LogP contribution in [0.3, 0.4) is 0 Å². The standard InChI is InChI=1S/C15H23NO5/c1-19-8-4-5-16(6-7-17)15(18)12-9-13(20-2)11-14(10-12)21-3/h9-11,17H,4-8H2,1-3H3. The van der Waals surface area contributed by atoms with Gasteiger partial charge in [0, 0.05) is 38.4 Å². The lowest BCUT2D eigenvalue weighted by Gasteiger charge is -2.22. The molecule has 0 fully saturated rings. The number of carbonyl (C=O) groups excluding carboxylic acids is 1. The molecule has 0 saturated heterocycles. The summed E-state index contributed by atoms with van der Waals surface area (Å²) < 4.78 is 15.3. The zero-order valence-corrected chi connectivity index (χ0v) is 12.8. The topological polar surface area (TPSA) is 68.2 Å². The summed E-state index contributed by atoms with van der Waals surface area (Å²) in [5.41, 5.74) is 0.470. The van der Waals surface area contributed by atoms with Crippen molar-refractivity contribution >= 4 is 5.91 Å². The van der Waals surface area contributed by atoms with Gasteiger partial charge < -0.3 is 24.2 Å². The SMILES string of the molecule is COCCCN(CCO)C(=O)c1cc(OC)cc(OC)c1. The molecule has 0 aliphatic heterocycles. The Kier molecular flexibility index (Phi) is 7.56. The molecule has 0 aliphatic carbocycles. The van der Waals surface area contributed by atoms with E-state index in [0.29, 0.717) is 36.6 Å². The second kappa shape index (κ2) is 9.20. The Bertz CT molecular complexity index is 427. The normalized spacial score (nSPS) is 10.3. The molecule has 1 N–H and O–H groups in total. The number of hydrogen-bond acceptors (Lipinski definition) is 5. The van der Waals surface area contributed by atoms with Crippen LogP contribution in [0.4, 0.5) is 0 Å². The highest BCUT2D eigenvalue weighted by Gasteiger charge is 2.17. The molecule has 0 aromatic heterocycles. The van der Waals surface area contributed by atoms with Crippen LogP contribution in [-0.4, -0.2) is 63.5 Å². The van der Waals surface area contributed by atoms with Gasteiger partial charge in [0.05, 0.1) is 20.8 Å². The molecule has 0 spiro atoms. The minimum atomic E-state index is -0.169. The van der Waals surface area contributed by atoms with Gasteiger partial charge >= 0.3 is 0 Å². The van der Waals surface area contributed by atoms with Crippen molar-refractivity contribution in [3.8, 4) is 11.5 Å². The van der Waals surface area contributed by atoms with E-state index >= 15 is 0 Å². The van der Waals surface area contributed by atoms with Gasteiger partial charge in [-0.1, -0.05) is 0 Å². The number of amides is 1. The van der Waals surface area contributed by atoms with E-state index in [4.69, 9.17) is 19.3 Å². The second-order valence-corrected chi connectivity index (χ2v) is 4.46. The van der Waals surface area contributed by atoms with Gasteiger partial charge in [0.25, 0.3) is 5.91 Å². The zero-order valence-electron chi connectivity index (χ0n) is 12.8. The molecule has 118 valence electrons. The third-order valence-corrected chi connectivity index (χ3v) is 3.03. The van der Waals surface area contributed by atoms with Crippen LogP contribution in [0.25, 0.3) is 0 Å². The van der Waals surface area contributed by atoms with Gasteiger partial charge in [-0.3, -0.25) is 4.79 Å². The molecule has 0 unspecified atom stereocenters. The molecule has 21 heavy (non-hydrogen) atoms. The number of carbonyl (C=O) groups is 1. The number of aliphatic hydroxyl groups excluding tert-OH is 1. The Labute approximate surface area is 125 Å². The van der Waals surface area contributed by atoms with E-state index in [1.165, 1.54) is 14.2 Å². The van der Waals surface area contributed by atoms with E-state index in [0.717, 1.165) is 0 Å². The summed E-state index contributed by atoms with van der Waals surface area (Å²) in [6, 6.07) is 5.02. The van der Waals surface area contributed by atoms with Crippen LogP contribution in [0.2, 0.25) is 0 Å². The molecule has 1 rings (SSSR count). The molecule has 1 aromatic carbocycles. The third-order valence-electron chi connectivity index (χ3n) is 3.03. The highest BCUT2D eigenvalue weighted by Crippen LogP contribution is 2.23. The summed E-state index contributed by atoms with van der Waals surface area (Å²) in [7, 11) is 4.69. The lowest BCUT2D eigenvalue weighted by Crippen LogP contribution is -2.35. The van der Waals surface area contributed by atoms with E-state index in [2.05, 4.69) is 0 Å². The number of hydrogen-bond donors (Lipinski definition) is 1. The third kappa shape index (κ3) is 5.24. The van der Waals surface area contributed by atoms with Crippen LogP contribution in [-0.2, 0) is 4.74 Å². The van der Waals surface area contributed by atoms with Crippen molar-refractivity contribution in [2.24, 2.45) is 0 Å². The Morgan fingerprint density at radius 3 is 2.19 bits per heavy atom. The quantitative estimate of drug-likeness (QED) is 0.693. The number of nitrogens with zero attached hydrogens (tertiary/aromatic N) is 1. The van der Waals surface area contributed by atoms with Gasteiger partial charge in [0.1, 0.15) is 11.5 Å². The molecular formula is C15H23NO5. The second-order valence-electron chi connectivity index (χ2n) is 4.46. The van der Waals surface area contributed by atoms with Gasteiger partial charge in [-0.15, -0.1) is 0 Å². The van der Waals surface area contributed by atoms with Crippen molar-refractivity contribution in [3.63, 3.8) is 0 Å². The minimum Gasteiger partial charge on any atom is -0.497 e. The summed E-state index contributed by atoms with van der Waals surface area (Å²) in [6.07, 6.45) is 0.712. The Balaban J connectivity index is 2.90. The number of aliphatic hydroxyl groups is 1. The van der Waals surface area contributed by atoms with Gasteiger partial charge in [-0.2, -0.15) is 0 Å². The molecule has 0 bridgehead atoms. The van der Waals surface area contributed by atoms with Crippen molar-refractivity contribution in [2.75, 3.05) is 47.6 Å². The Hall–Kier alpha value is -1.79. The summed E-state index contributed by atoms with van der Waals surface area (Å²) in [5.74, 6) is 0.939. The Morgan fingerprint density at radius 2 is 1.71 bits per heavy atom. The van der Waals surface area contributed by atoms with Crippen molar-refractivity contribution < 1.29 is 24.1 Å². The summed E-state index contributed by atoms with van der Waals surface area (Å²) in [6.45, 7) is 1.28. The van der Waals surface area contributed by atoms with Crippen molar-refractivity contribution in [1.82, 2.24) is 4.90 Å². The average Bonchev–Trinajstić information content (AvgIpc) is 2.52. The van der Waals surface area contributed by atoms with Crippen LogP contribution in [0, 0.1) is 0 Å². The molecular weight excluding hydrogens is 274 g/mol. The first kappa shape index (κ1) is 17.3. The number of methoxy groups -OCH3 is 3.